The van der Waals surface area contributed by atoms with Gasteiger partial charge in [0.1, 0.15) is 0 Å². The van der Waals surface area contributed by atoms with Gasteiger partial charge in [0, 0.05) is 20.0 Å². The first-order chi connectivity index (χ1) is 3.00. The van der Waals surface area contributed by atoms with E-state index in [-0.39, 0.29) is 37.2 Å². The minimum atomic E-state index is 0. The summed E-state index contributed by atoms with van der Waals surface area (Å²) in [5.41, 5.74) is 0. The third kappa shape index (κ3) is 8.75. The lowest BCUT2D eigenvalue weighted by Crippen LogP contribution is -2.47. The Morgan fingerprint density at radius 1 is 0.556 bits per heavy atom. The van der Waals surface area contributed by atoms with E-state index < -0.39 is 0 Å². The summed E-state index contributed by atoms with van der Waals surface area (Å²) in [6.45, 7) is 2.81. The molecule has 9 heavy (non-hydrogen) atoms. The van der Waals surface area contributed by atoms with Crippen LogP contribution in [-0.2, 0) is 0 Å². The molecule has 0 radical (unpaired) electrons. The van der Waals surface area contributed by atoms with Crippen molar-refractivity contribution in [2.24, 2.45) is 0 Å². The monoisotopic (exact) mass is 195 g/mol. The van der Waals surface area contributed by atoms with Crippen molar-refractivity contribution >= 4 is 37.2 Å². The highest BCUT2D eigenvalue weighted by Crippen LogP contribution is 1.56. The van der Waals surface area contributed by atoms with Gasteiger partial charge in [0.05, 0.1) is 0 Å². The van der Waals surface area contributed by atoms with Crippen molar-refractivity contribution in [2.75, 3.05) is 20.0 Å². The predicted octanol–water partition coefficient (Wildman–Crippen LogP) is -0.0933. The van der Waals surface area contributed by atoms with Gasteiger partial charge in [-0.25, -0.2) is 0 Å². The molecular formula is C3H12Cl3N3. The highest BCUT2D eigenvalue weighted by Gasteiger charge is 1.89. The Labute approximate surface area is 73.6 Å². The van der Waals surface area contributed by atoms with Gasteiger partial charge in [0.2, 0.25) is 0 Å². The Morgan fingerprint density at radius 2 is 0.778 bits per heavy atom. The van der Waals surface area contributed by atoms with Crippen LogP contribution in [0.4, 0.5) is 0 Å². The second-order valence-corrected chi connectivity index (χ2v) is 1.28. The van der Waals surface area contributed by atoms with Gasteiger partial charge in [0.15, 0.2) is 0 Å². The normalized spacial score (nSPS) is 16.0. The number of halogens is 3. The lowest BCUT2D eigenvalue weighted by molar-refractivity contribution is 0.443. The van der Waals surface area contributed by atoms with Gasteiger partial charge in [0.25, 0.3) is 0 Å². The van der Waals surface area contributed by atoms with Crippen molar-refractivity contribution in [3.63, 3.8) is 0 Å². The van der Waals surface area contributed by atoms with Crippen LogP contribution in [0.3, 0.4) is 0 Å². The zero-order chi connectivity index (χ0) is 4.24. The lowest BCUT2D eigenvalue weighted by atomic mass is 10.8. The maximum atomic E-state index is 3.06. The van der Waals surface area contributed by atoms with Crippen molar-refractivity contribution in [3.8, 4) is 0 Å². The Balaban J connectivity index is -0.000000120. The number of rotatable bonds is 0. The van der Waals surface area contributed by atoms with Gasteiger partial charge in [-0.1, -0.05) is 0 Å². The largest absolute Gasteiger partial charge is 0.292 e. The highest BCUT2D eigenvalue weighted by molar-refractivity contribution is 5.86. The summed E-state index contributed by atoms with van der Waals surface area (Å²) in [6.07, 6.45) is 0. The summed E-state index contributed by atoms with van der Waals surface area (Å²) < 4.78 is 0. The average Bonchev–Trinajstić information content (AvgIpc) is 1.72. The Morgan fingerprint density at radius 3 is 0.889 bits per heavy atom. The van der Waals surface area contributed by atoms with Gasteiger partial charge in [-0.2, -0.15) is 0 Å². The number of nitrogens with one attached hydrogen (secondary N) is 3. The fourth-order valence-electron chi connectivity index (χ4n) is 0.453. The van der Waals surface area contributed by atoms with Gasteiger partial charge in [-0.15, -0.1) is 37.2 Å². The van der Waals surface area contributed by atoms with Gasteiger partial charge < -0.3 is 0 Å². The molecule has 0 amide bonds. The van der Waals surface area contributed by atoms with Crippen LogP contribution in [0.25, 0.3) is 0 Å². The van der Waals surface area contributed by atoms with Gasteiger partial charge in [-0.05, 0) is 0 Å². The van der Waals surface area contributed by atoms with Crippen LogP contribution < -0.4 is 16.0 Å². The quantitative estimate of drug-likeness (QED) is 0.507. The molecule has 0 unspecified atom stereocenters. The number of hydrogen-bond acceptors (Lipinski definition) is 3. The standard InChI is InChI=1S/C3H9N3.3ClH/c1-4-2-6-3-5-1;;;/h4-6H,1-3H2;3*1H. The van der Waals surface area contributed by atoms with Gasteiger partial charge >= 0.3 is 0 Å². The second kappa shape index (κ2) is 11.5. The molecule has 1 rings (SSSR count). The van der Waals surface area contributed by atoms with E-state index in [0.29, 0.717) is 0 Å². The molecule has 6 heteroatoms. The maximum absolute atomic E-state index is 3.06. The molecule has 0 bridgehead atoms. The van der Waals surface area contributed by atoms with Crippen LogP contribution in [0, 0.1) is 0 Å². The molecule has 1 saturated heterocycles. The van der Waals surface area contributed by atoms with E-state index in [4.69, 9.17) is 0 Å². The molecule has 1 aliphatic heterocycles. The first-order valence-electron chi connectivity index (χ1n) is 2.12. The molecule has 0 aromatic heterocycles. The van der Waals surface area contributed by atoms with Crippen molar-refractivity contribution in [1.29, 1.82) is 0 Å². The Kier molecular flexibility index (Phi) is 21.0. The fraction of sp³-hybridized carbons (Fsp3) is 1.00. The zero-order valence-corrected chi connectivity index (χ0v) is 7.30. The Hall–Kier alpha value is 0.750. The zero-order valence-electron chi connectivity index (χ0n) is 4.85. The molecule has 60 valence electrons. The van der Waals surface area contributed by atoms with E-state index in [1.807, 2.05) is 0 Å². The van der Waals surface area contributed by atoms with E-state index in [2.05, 4.69) is 16.0 Å². The second-order valence-electron chi connectivity index (χ2n) is 1.28. The summed E-state index contributed by atoms with van der Waals surface area (Å²) in [7, 11) is 0. The van der Waals surface area contributed by atoms with Crippen LogP contribution in [-0.4, -0.2) is 20.0 Å². The summed E-state index contributed by atoms with van der Waals surface area (Å²) in [4.78, 5) is 0. The molecule has 3 nitrogen and oxygen atoms in total. The van der Waals surface area contributed by atoms with Gasteiger partial charge in [-0.3, -0.25) is 16.0 Å². The molecule has 0 aromatic carbocycles. The molecule has 3 N–H and O–H groups in total. The fourth-order valence-corrected chi connectivity index (χ4v) is 0.453. The third-order valence-corrected chi connectivity index (χ3v) is 0.750. The van der Waals surface area contributed by atoms with E-state index in [9.17, 15) is 0 Å². The summed E-state index contributed by atoms with van der Waals surface area (Å²) in [5, 5.41) is 9.19. The summed E-state index contributed by atoms with van der Waals surface area (Å²) in [5.74, 6) is 0. The Bertz CT molecular complexity index is 29.8. The van der Waals surface area contributed by atoms with E-state index in [0.717, 1.165) is 20.0 Å². The van der Waals surface area contributed by atoms with Crippen molar-refractivity contribution in [3.05, 3.63) is 0 Å². The lowest BCUT2D eigenvalue weighted by Gasteiger charge is -2.13. The maximum Gasteiger partial charge on any atom is 0.0474 e. The summed E-state index contributed by atoms with van der Waals surface area (Å²) in [6, 6.07) is 0. The third-order valence-electron chi connectivity index (χ3n) is 0.750. The van der Waals surface area contributed by atoms with E-state index in [1.165, 1.54) is 0 Å². The van der Waals surface area contributed by atoms with Crippen molar-refractivity contribution in [1.82, 2.24) is 16.0 Å². The van der Waals surface area contributed by atoms with E-state index in [1.54, 1.807) is 0 Å². The van der Waals surface area contributed by atoms with Crippen LogP contribution in [0.2, 0.25) is 0 Å². The summed E-state index contributed by atoms with van der Waals surface area (Å²) >= 11 is 0. The highest BCUT2D eigenvalue weighted by atomic mass is 35.5. The average molecular weight is 197 g/mol. The van der Waals surface area contributed by atoms with Crippen molar-refractivity contribution < 1.29 is 0 Å². The minimum absolute atomic E-state index is 0. The molecular weight excluding hydrogens is 184 g/mol. The smallest absolute Gasteiger partial charge is 0.0474 e. The predicted molar refractivity (Wildman–Crippen MR) is 45.8 cm³/mol. The molecule has 1 fully saturated rings. The molecule has 1 aliphatic rings. The van der Waals surface area contributed by atoms with Crippen molar-refractivity contribution in [2.45, 2.75) is 0 Å². The molecule has 0 saturated carbocycles. The topological polar surface area (TPSA) is 36.1 Å². The van der Waals surface area contributed by atoms with Crippen LogP contribution in [0.5, 0.6) is 0 Å². The molecule has 0 aromatic rings. The minimum Gasteiger partial charge on any atom is -0.292 e. The SMILES string of the molecule is C1NCNCN1.Cl.Cl.Cl. The van der Waals surface area contributed by atoms with E-state index >= 15 is 0 Å². The first-order valence-corrected chi connectivity index (χ1v) is 2.12. The van der Waals surface area contributed by atoms with Crippen LogP contribution >= 0.6 is 37.2 Å². The van der Waals surface area contributed by atoms with Crippen LogP contribution in [0.15, 0.2) is 0 Å². The molecule has 1 heterocycles. The first kappa shape index (κ1) is 16.4. The van der Waals surface area contributed by atoms with Crippen LogP contribution in [0.1, 0.15) is 0 Å². The molecule has 0 atom stereocenters. The molecule has 0 aliphatic carbocycles. The molecule has 0 spiro atoms. The number of hydrogen-bond donors (Lipinski definition) is 3.